The Kier molecular flexibility index (Phi) is 8.93. The molecule has 0 radical (unpaired) electrons. The van der Waals surface area contributed by atoms with E-state index in [9.17, 15) is 5.11 Å². The van der Waals surface area contributed by atoms with Crippen molar-refractivity contribution in [3.63, 3.8) is 0 Å². The SMILES string of the molecule is [2H]C([2H])([2H])C(c1ccc(-c2ccnc(-c3cc(-c4cccc5c4nc(-c4cc(C)cc(C)c4O)n5-c4cc(C)c(-c5ccc(C(C)(C)C)cc5)cc4-c4ccccc4)cc(C(C)(C)C)c3)c2)cc1)(C([2H])([2H])[2H])C([2H])([2H])[2H]. The summed E-state index contributed by atoms with van der Waals surface area (Å²) < 4.78 is 76.1. The standard InChI is InChI=1S/C63H63N3O/c1-39-31-41(3)59(67)54(32-39)60-65-58-51(46-34-47(36-50(35-46)63(10,11)12)55-37-45(29-30-64-55)42-21-25-48(26-22-42)61(4,5)6)19-16-20-56(58)66(60)57-33-40(2)52(38-53(57)43-17-14-13-15-18-43)44-23-27-49(28-24-44)62(7,8)9/h13-38,67H,1-12H3/i4D3,5D3,6D3. The third-order valence-corrected chi connectivity index (χ3v) is 12.9. The number of aryl methyl sites for hydroxylation is 3. The number of hydrogen-bond acceptors (Lipinski definition) is 3. The van der Waals surface area contributed by atoms with Crippen LogP contribution < -0.4 is 0 Å². The average Bonchev–Trinajstić information content (AvgIpc) is 3.77. The van der Waals surface area contributed by atoms with Gasteiger partial charge in [-0.1, -0.05) is 165 Å². The Morgan fingerprint density at radius 3 is 1.79 bits per heavy atom. The van der Waals surface area contributed by atoms with Gasteiger partial charge in [0.25, 0.3) is 0 Å². The van der Waals surface area contributed by atoms with E-state index in [0.717, 1.165) is 77.9 Å². The number of aromatic nitrogens is 3. The van der Waals surface area contributed by atoms with Crippen molar-refractivity contribution in [3.8, 4) is 78.6 Å². The number of pyridine rings is 1. The van der Waals surface area contributed by atoms with Crippen LogP contribution in [0.3, 0.4) is 0 Å². The van der Waals surface area contributed by atoms with Gasteiger partial charge in [0.05, 0.1) is 28.0 Å². The lowest BCUT2D eigenvalue weighted by Gasteiger charge is -2.22. The van der Waals surface area contributed by atoms with Crippen LogP contribution >= 0.6 is 0 Å². The van der Waals surface area contributed by atoms with Gasteiger partial charge in [0.2, 0.25) is 0 Å². The number of imidazole rings is 1. The molecule has 9 aromatic rings. The molecule has 0 bridgehead atoms. The Morgan fingerprint density at radius 2 is 1.12 bits per heavy atom. The fourth-order valence-electron chi connectivity index (χ4n) is 9.12. The zero-order valence-electron chi connectivity index (χ0n) is 48.8. The summed E-state index contributed by atoms with van der Waals surface area (Å²) in [5.41, 5.74) is 13.3. The quantitative estimate of drug-likeness (QED) is 0.173. The number of phenols is 1. The van der Waals surface area contributed by atoms with Gasteiger partial charge in [-0.3, -0.25) is 9.55 Å². The van der Waals surface area contributed by atoms with Gasteiger partial charge in [-0.25, -0.2) is 4.98 Å². The lowest BCUT2D eigenvalue weighted by Crippen LogP contribution is -2.11. The zero-order chi connectivity index (χ0) is 55.1. The molecular formula is C63H63N3O. The van der Waals surface area contributed by atoms with Crippen molar-refractivity contribution < 1.29 is 17.4 Å². The molecule has 0 spiro atoms. The van der Waals surface area contributed by atoms with Crippen molar-refractivity contribution in [1.29, 1.82) is 0 Å². The maximum absolute atomic E-state index is 12.0. The summed E-state index contributed by atoms with van der Waals surface area (Å²) in [5, 5.41) is 12.0. The lowest BCUT2D eigenvalue weighted by atomic mass is 9.83. The number of fused-ring (bicyclic) bond motifs is 1. The Balaban J connectivity index is 1.24. The molecule has 0 saturated heterocycles. The number of para-hydroxylation sites is 1. The van der Waals surface area contributed by atoms with Crippen molar-refractivity contribution in [1.82, 2.24) is 14.5 Å². The fourth-order valence-corrected chi connectivity index (χ4v) is 9.12. The second-order valence-electron chi connectivity index (χ2n) is 20.1. The fraction of sp³-hybridized carbons (Fsp3) is 0.238. The summed E-state index contributed by atoms with van der Waals surface area (Å²) in [4.78, 5) is 10.4. The number of nitrogens with zero attached hydrogens (tertiary/aromatic N) is 3. The minimum absolute atomic E-state index is 0.0103. The molecule has 0 unspecified atom stereocenters. The Morgan fingerprint density at radius 1 is 0.478 bits per heavy atom. The predicted octanol–water partition coefficient (Wildman–Crippen LogP) is 16.9. The van der Waals surface area contributed by atoms with E-state index in [1.165, 1.54) is 17.7 Å². The molecule has 0 atom stereocenters. The number of rotatable bonds is 7. The summed E-state index contributed by atoms with van der Waals surface area (Å²) >= 11 is 0. The van der Waals surface area contributed by atoms with Gasteiger partial charge in [0.1, 0.15) is 11.6 Å². The highest BCUT2D eigenvalue weighted by Crippen LogP contribution is 2.44. The van der Waals surface area contributed by atoms with E-state index in [2.05, 4.69) is 144 Å². The third-order valence-electron chi connectivity index (χ3n) is 12.9. The molecule has 0 aliphatic carbocycles. The molecule has 1 N–H and O–H groups in total. The Bertz CT molecular complexity index is 3610. The minimum Gasteiger partial charge on any atom is -0.507 e. The van der Waals surface area contributed by atoms with Crippen molar-refractivity contribution >= 4 is 11.0 Å². The van der Waals surface area contributed by atoms with Crippen LogP contribution in [-0.2, 0) is 16.2 Å². The predicted molar refractivity (Wildman–Crippen MR) is 283 cm³/mol. The summed E-state index contributed by atoms with van der Waals surface area (Å²) in [6, 6.07) is 49.8. The van der Waals surface area contributed by atoms with Crippen LogP contribution in [0.2, 0.25) is 0 Å². The van der Waals surface area contributed by atoms with Crippen molar-refractivity contribution in [2.24, 2.45) is 0 Å². The minimum atomic E-state index is -3.37. The van der Waals surface area contributed by atoms with Crippen LogP contribution in [0.25, 0.3) is 83.9 Å². The molecule has 67 heavy (non-hydrogen) atoms. The normalized spacial score (nSPS) is 14.8. The summed E-state index contributed by atoms with van der Waals surface area (Å²) in [6.45, 7) is 9.11. The van der Waals surface area contributed by atoms with E-state index < -0.39 is 26.0 Å². The van der Waals surface area contributed by atoms with Gasteiger partial charge in [0, 0.05) is 35.2 Å². The first-order valence-corrected chi connectivity index (χ1v) is 22.9. The maximum atomic E-state index is 12.0. The summed E-state index contributed by atoms with van der Waals surface area (Å²) in [5.74, 6) is 0.744. The maximum Gasteiger partial charge on any atom is 0.149 e. The van der Waals surface area contributed by atoms with Gasteiger partial charge < -0.3 is 5.11 Å². The van der Waals surface area contributed by atoms with Gasteiger partial charge in [-0.2, -0.15) is 0 Å². The van der Waals surface area contributed by atoms with E-state index >= 15 is 0 Å². The Hall–Kier alpha value is -7.04. The van der Waals surface area contributed by atoms with Crippen LogP contribution in [0.15, 0.2) is 158 Å². The second kappa shape index (κ2) is 17.0. The van der Waals surface area contributed by atoms with Crippen LogP contribution in [0, 0.1) is 20.8 Å². The second-order valence-corrected chi connectivity index (χ2v) is 20.1. The summed E-state index contributed by atoms with van der Waals surface area (Å²) in [7, 11) is 0. The molecular weight excluding hydrogens is 815 g/mol. The number of benzene rings is 7. The number of hydrogen-bond donors (Lipinski definition) is 1. The first-order valence-electron chi connectivity index (χ1n) is 27.4. The molecule has 4 heteroatoms. The van der Waals surface area contributed by atoms with Crippen molar-refractivity contribution in [2.75, 3.05) is 0 Å². The first-order chi connectivity index (χ1) is 35.5. The van der Waals surface area contributed by atoms with Gasteiger partial charge in [-0.05, 0) is 152 Å². The summed E-state index contributed by atoms with van der Waals surface area (Å²) in [6.07, 6.45) is 1.68. The molecule has 0 fully saturated rings. The molecule has 336 valence electrons. The highest BCUT2D eigenvalue weighted by molar-refractivity contribution is 5.98. The van der Waals surface area contributed by atoms with E-state index in [1.54, 1.807) is 24.4 Å². The van der Waals surface area contributed by atoms with E-state index in [4.69, 9.17) is 22.3 Å². The number of phenolic OH excluding ortho intramolecular Hbond substituents is 1. The molecule has 2 heterocycles. The zero-order valence-corrected chi connectivity index (χ0v) is 39.8. The molecule has 4 nitrogen and oxygen atoms in total. The monoisotopic (exact) mass is 887 g/mol. The van der Waals surface area contributed by atoms with Gasteiger partial charge >= 0.3 is 0 Å². The molecule has 0 saturated carbocycles. The highest BCUT2D eigenvalue weighted by Gasteiger charge is 2.26. The topological polar surface area (TPSA) is 50.9 Å². The first kappa shape index (κ1) is 35.2. The molecule has 0 amide bonds. The van der Waals surface area contributed by atoms with Crippen LogP contribution in [0.5, 0.6) is 5.75 Å². The molecule has 2 aromatic heterocycles. The molecule has 0 aliphatic heterocycles. The highest BCUT2D eigenvalue weighted by atomic mass is 16.3. The molecule has 9 rings (SSSR count). The van der Waals surface area contributed by atoms with Gasteiger partial charge in [-0.15, -0.1) is 0 Å². The van der Waals surface area contributed by atoms with Gasteiger partial charge in [0.15, 0.2) is 0 Å². The smallest absolute Gasteiger partial charge is 0.149 e. The lowest BCUT2D eigenvalue weighted by molar-refractivity contribution is 0.472. The largest absolute Gasteiger partial charge is 0.507 e. The van der Waals surface area contributed by atoms with E-state index in [0.29, 0.717) is 28.2 Å². The Labute approximate surface area is 410 Å². The van der Waals surface area contributed by atoms with Crippen LogP contribution in [0.4, 0.5) is 0 Å². The van der Waals surface area contributed by atoms with Crippen LogP contribution in [-0.4, -0.2) is 19.6 Å². The van der Waals surface area contributed by atoms with E-state index in [-0.39, 0.29) is 22.1 Å². The van der Waals surface area contributed by atoms with E-state index in [1.807, 2.05) is 44.2 Å². The average molecular weight is 887 g/mol. The van der Waals surface area contributed by atoms with Crippen molar-refractivity contribution in [2.45, 2.75) is 99.1 Å². The molecule has 0 aliphatic rings. The molecule has 7 aromatic carbocycles. The van der Waals surface area contributed by atoms with Crippen molar-refractivity contribution in [3.05, 3.63) is 191 Å². The van der Waals surface area contributed by atoms with Crippen LogP contribution in [0.1, 0.15) is 108 Å². The third kappa shape index (κ3) is 8.86. The number of aromatic hydroxyl groups is 1.